The topological polar surface area (TPSA) is 136 Å². The van der Waals surface area contributed by atoms with Gasteiger partial charge in [0.25, 0.3) is 0 Å². The van der Waals surface area contributed by atoms with Crippen molar-refractivity contribution in [2.45, 2.75) is 6.17 Å². The average molecular weight is 639 g/mol. The van der Waals surface area contributed by atoms with Crippen LogP contribution in [0.3, 0.4) is 0 Å². The van der Waals surface area contributed by atoms with Gasteiger partial charge in [0.2, 0.25) is 0 Å². The minimum atomic E-state index is -1.07. The Morgan fingerprint density at radius 2 is 1.90 bits per heavy atom. The number of hydrazone groups is 1. The Morgan fingerprint density at radius 3 is 2.45 bits per heavy atom. The number of hydrogen-bond donors (Lipinski definition) is 2. The number of aliphatic carboxylic acids is 1. The van der Waals surface area contributed by atoms with Gasteiger partial charge in [-0.1, -0.05) is 18.2 Å². The summed E-state index contributed by atoms with van der Waals surface area (Å²) in [5.41, 5.74) is 8.21. The first-order valence-electron chi connectivity index (χ1n) is 8.89. The molecule has 0 amide bonds. The second-order valence-corrected chi connectivity index (χ2v) is 8.75. The summed E-state index contributed by atoms with van der Waals surface area (Å²) in [5, 5.41) is 34.3. The van der Waals surface area contributed by atoms with Crippen LogP contribution in [0.4, 0.5) is 5.69 Å². The number of ether oxygens (including phenoxy) is 1. The molecule has 2 aromatic rings. The molecule has 3 N–H and O–H groups in total. The molecule has 2 aromatic carbocycles. The molecule has 31 heavy (non-hydrogen) atoms. The minimum Gasteiger partial charge on any atom is -0.480 e. The normalized spacial score (nSPS) is 18.2. The molecule has 0 unspecified atom stereocenters. The van der Waals surface area contributed by atoms with Crippen molar-refractivity contribution in [1.29, 1.82) is 10.5 Å². The summed E-state index contributed by atoms with van der Waals surface area (Å²) in [6.07, 6.45) is 0.918. The van der Waals surface area contributed by atoms with Gasteiger partial charge in [-0.05, 0) is 81.1 Å². The lowest BCUT2D eigenvalue weighted by molar-refractivity contribution is -0.139. The molecule has 156 valence electrons. The van der Waals surface area contributed by atoms with Gasteiger partial charge in [-0.25, -0.2) is 9.80 Å². The fourth-order valence-electron chi connectivity index (χ4n) is 2.98. The second kappa shape index (κ2) is 10.1. The molecule has 0 saturated heterocycles. The molecular formula is C21H15I2N5O3. The number of nitrogens with zero attached hydrogens (tertiary/aromatic N) is 4. The Morgan fingerprint density at radius 1 is 1.26 bits per heavy atom. The highest BCUT2D eigenvalue weighted by molar-refractivity contribution is 14.1. The fraction of sp³-hybridized carbons (Fsp3) is 0.143. The lowest BCUT2D eigenvalue weighted by atomic mass is 9.95. The number of hydrogen-bond acceptors (Lipinski definition) is 7. The number of benzene rings is 2. The van der Waals surface area contributed by atoms with Crippen LogP contribution in [-0.4, -0.2) is 29.6 Å². The highest BCUT2D eigenvalue weighted by atomic mass is 127. The van der Waals surface area contributed by atoms with Crippen LogP contribution >= 0.6 is 45.2 Å². The van der Waals surface area contributed by atoms with E-state index in [1.165, 1.54) is 0 Å². The van der Waals surface area contributed by atoms with E-state index in [2.05, 4.69) is 17.2 Å². The molecular weight excluding hydrogens is 624 g/mol. The van der Waals surface area contributed by atoms with E-state index in [-0.39, 0.29) is 5.57 Å². The summed E-state index contributed by atoms with van der Waals surface area (Å²) in [7, 11) is 0. The van der Waals surface area contributed by atoms with Crippen LogP contribution in [0.2, 0.25) is 0 Å². The molecule has 0 spiro atoms. The molecule has 1 aliphatic rings. The molecule has 3 rings (SSSR count). The number of allylic oxidation sites excluding steroid dienone is 1. The largest absolute Gasteiger partial charge is 0.480 e. The molecule has 0 bridgehead atoms. The third-order valence-electron chi connectivity index (χ3n) is 4.36. The van der Waals surface area contributed by atoms with E-state index in [4.69, 9.17) is 15.6 Å². The maximum Gasteiger partial charge on any atom is 0.341 e. The monoisotopic (exact) mass is 639 g/mol. The Labute approximate surface area is 205 Å². The van der Waals surface area contributed by atoms with Crippen molar-refractivity contribution in [3.05, 3.63) is 60.7 Å². The van der Waals surface area contributed by atoms with E-state index in [9.17, 15) is 15.3 Å². The minimum absolute atomic E-state index is 0.228. The molecule has 10 heteroatoms. The molecule has 8 nitrogen and oxygen atoms in total. The molecule has 0 aromatic heterocycles. The Balaban J connectivity index is 1.98. The van der Waals surface area contributed by atoms with Crippen molar-refractivity contribution in [2.75, 3.05) is 11.6 Å². The highest BCUT2D eigenvalue weighted by Gasteiger charge is 2.37. The van der Waals surface area contributed by atoms with Gasteiger partial charge in [0.1, 0.15) is 23.9 Å². The number of nitrogens with two attached hydrogens (primary N) is 1. The van der Waals surface area contributed by atoms with Gasteiger partial charge in [-0.15, -0.1) is 0 Å². The molecule has 0 fully saturated rings. The summed E-state index contributed by atoms with van der Waals surface area (Å²) < 4.78 is 6.73. The van der Waals surface area contributed by atoms with Crippen LogP contribution in [0.5, 0.6) is 5.75 Å². The first-order chi connectivity index (χ1) is 14.8. The number of rotatable bonds is 6. The molecule has 1 heterocycles. The van der Waals surface area contributed by atoms with Gasteiger partial charge in [0.05, 0.1) is 30.2 Å². The van der Waals surface area contributed by atoms with E-state index in [0.29, 0.717) is 24.2 Å². The number of para-hydroxylation sites is 1. The van der Waals surface area contributed by atoms with E-state index >= 15 is 0 Å². The maximum atomic E-state index is 10.8. The van der Waals surface area contributed by atoms with Crippen LogP contribution < -0.4 is 15.5 Å². The zero-order chi connectivity index (χ0) is 22.5. The van der Waals surface area contributed by atoms with E-state index in [1.807, 2.05) is 75.5 Å². The number of nitriles is 2. The van der Waals surface area contributed by atoms with Crippen molar-refractivity contribution < 1.29 is 14.6 Å². The van der Waals surface area contributed by atoms with Gasteiger partial charge < -0.3 is 15.6 Å². The molecule has 2 atom stereocenters. The zero-order valence-corrected chi connectivity index (χ0v) is 20.2. The number of carboxylic acids is 1. The van der Waals surface area contributed by atoms with Gasteiger partial charge in [0, 0.05) is 0 Å². The van der Waals surface area contributed by atoms with Crippen LogP contribution in [0.1, 0.15) is 5.56 Å². The first-order valence-corrected chi connectivity index (χ1v) is 11.0. The van der Waals surface area contributed by atoms with E-state index < -0.39 is 24.7 Å². The summed E-state index contributed by atoms with van der Waals surface area (Å²) in [6, 6.07) is 17.0. The Hall–Kier alpha value is -2.68. The number of anilines is 1. The summed E-state index contributed by atoms with van der Waals surface area (Å²) in [5.74, 6) is -1.38. The Kier molecular flexibility index (Phi) is 7.48. The summed E-state index contributed by atoms with van der Waals surface area (Å²) >= 11 is 4.09. The standard InChI is InChI=1S/C21H15I2N5O3/c22-16-7-12(8-17(23)20(16)31-11-18(29)30)6-13(9-24)19-15(10-25)21(26)28(27-19)14-4-2-1-3-5-14/h1-8,15,21H,11,26H2,(H,29,30)/b13-6-/t15-,21-/m0/s1. The molecule has 0 radical (unpaired) electrons. The van der Waals surface area contributed by atoms with Gasteiger partial charge >= 0.3 is 5.97 Å². The molecule has 1 aliphatic heterocycles. The number of halogens is 2. The van der Waals surface area contributed by atoms with Crippen molar-refractivity contribution in [2.24, 2.45) is 16.8 Å². The van der Waals surface area contributed by atoms with Crippen molar-refractivity contribution >= 4 is 68.6 Å². The second-order valence-electron chi connectivity index (χ2n) is 6.43. The smallest absolute Gasteiger partial charge is 0.341 e. The first kappa shape index (κ1) is 23.0. The third kappa shape index (κ3) is 5.15. The molecule has 0 saturated carbocycles. The number of carboxylic acid groups (broad SMARTS) is 1. The predicted octanol–water partition coefficient (Wildman–Crippen LogP) is 3.57. The van der Waals surface area contributed by atoms with Crippen molar-refractivity contribution in [3.63, 3.8) is 0 Å². The van der Waals surface area contributed by atoms with Crippen molar-refractivity contribution in [1.82, 2.24) is 0 Å². The average Bonchev–Trinajstić information content (AvgIpc) is 3.07. The van der Waals surface area contributed by atoms with Gasteiger partial charge in [-0.2, -0.15) is 15.6 Å². The maximum absolute atomic E-state index is 10.8. The lowest BCUT2D eigenvalue weighted by Crippen LogP contribution is -2.40. The van der Waals surface area contributed by atoms with Crippen LogP contribution in [0, 0.1) is 35.7 Å². The van der Waals surface area contributed by atoms with E-state index in [1.54, 1.807) is 23.2 Å². The quantitative estimate of drug-likeness (QED) is 0.365. The van der Waals surface area contributed by atoms with Crippen LogP contribution in [0.15, 0.2) is 53.1 Å². The summed E-state index contributed by atoms with van der Waals surface area (Å²) in [6.45, 7) is -0.446. The fourth-order valence-corrected chi connectivity index (χ4v) is 5.11. The van der Waals surface area contributed by atoms with Crippen LogP contribution in [0.25, 0.3) is 6.08 Å². The highest BCUT2D eigenvalue weighted by Crippen LogP contribution is 2.32. The molecule has 0 aliphatic carbocycles. The summed E-state index contributed by atoms with van der Waals surface area (Å²) in [4.78, 5) is 10.8. The zero-order valence-electron chi connectivity index (χ0n) is 15.9. The predicted molar refractivity (Wildman–Crippen MR) is 132 cm³/mol. The van der Waals surface area contributed by atoms with Gasteiger partial charge in [0.15, 0.2) is 6.61 Å². The van der Waals surface area contributed by atoms with E-state index in [0.717, 1.165) is 5.69 Å². The SMILES string of the molecule is N#C/C(=C/c1cc(I)c(OCC(=O)O)c(I)c1)C1=NN(c2ccccc2)[C@H](N)[C@H]1C#N. The van der Waals surface area contributed by atoms with Crippen molar-refractivity contribution in [3.8, 4) is 17.9 Å². The van der Waals surface area contributed by atoms with Gasteiger partial charge in [-0.3, -0.25) is 0 Å². The van der Waals surface area contributed by atoms with Crippen LogP contribution in [-0.2, 0) is 4.79 Å². The Bertz CT molecular complexity index is 1130. The third-order valence-corrected chi connectivity index (χ3v) is 5.96. The number of carbonyl (C=O) groups is 1. The lowest BCUT2D eigenvalue weighted by Gasteiger charge is -2.21.